The summed E-state index contributed by atoms with van der Waals surface area (Å²) in [5, 5.41) is 27.0. The summed E-state index contributed by atoms with van der Waals surface area (Å²) in [7, 11) is 0. The molecule has 2 aromatic carbocycles. The molecule has 3 aromatic rings. The Balaban J connectivity index is 1.80. The number of hydrogen-bond acceptors (Lipinski definition) is 8. The molecule has 12 nitrogen and oxygen atoms in total. The molecule has 0 fully saturated rings. The summed E-state index contributed by atoms with van der Waals surface area (Å²) in [6.45, 7) is 0. The maximum Gasteiger partial charge on any atom is 0.326 e. The molecule has 13 heteroatoms. The van der Waals surface area contributed by atoms with Crippen molar-refractivity contribution in [3.05, 3.63) is 83.9 Å². The van der Waals surface area contributed by atoms with Crippen molar-refractivity contribution in [3.63, 3.8) is 0 Å². The van der Waals surface area contributed by atoms with Crippen LogP contribution in [0.2, 0.25) is 0 Å². The largest absolute Gasteiger partial charge is 0.508 e. The van der Waals surface area contributed by atoms with E-state index >= 15 is 0 Å². The number of aromatic nitrogens is 2. The molecule has 4 atom stereocenters. The molecule has 0 bridgehead atoms. The number of carbonyl (C=O) groups is 4. The smallest absolute Gasteiger partial charge is 0.326 e. The van der Waals surface area contributed by atoms with E-state index in [0.29, 0.717) is 11.3 Å². The van der Waals surface area contributed by atoms with Crippen molar-refractivity contribution in [1.29, 1.82) is 0 Å². The van der Waals surface area contributed by atoms with Gasteiger partial charge in [0.15, 0.2) is 0 Å². The molecule has 0 aliphatic carbocycles. The van der Waals surface area contributed by atoms with Gasteiger partial charge in [-0.1, -0.05) is 42.5 Å². The quantitative estimate of drug-likeness (QED) is 0.124. The average molecular weight is 569 g/mol. The molecule has 0 aliphatic heterocycles. The molecule has 4 unspecified atom stereocenters. The van der Waals surface area contributed by atoms with Gasteiger partial charge in [-0.15, -0.1) is 0 Å². The minimum atomic E-state index is -1.31. The minimum absolute atomic E-state index is 0.0225. The first kappa shape index (κ1) is 30.2. The molecule has 40 heavy (non-hydrogen) atoms. The van der Waals surface area contributed by atoms with Crippen LogP contribution in [0.25, 0.3) is 0 Å². The van der Waals surface area contributed by atoms with E-state index < -0.39 is 47.9 Å². The first-order valence-electron chi connectivity index (χ1n) is 12.5. The second-order valence-electron chi connectivity index (χ2n) is 9.15. The van der Waals surface area contributed by atoms with Crippen LogP contribution in [0.5, 0.6) is 5.75 Å². The fraction of sp³-hybridized carbons (Fsp3) is 0.296. The molecule has 212 valence electrons. The number of phenolic OH excluding ortho intramolecular Hbond substituents is 1. The van der Waals surface area contributed by atoms with Crippen molar-refractivity contribution in [1.82, 2.24) is 25.9 Å². The lowest BCUT2D eigenvalue weighted by molar-refractivity contribution is -0.142. The summed E-state index contributed by atoms with van der Waals surface area (Å²) >= 11 is 4.04. The van der Waals surface area contributed by atoms with E-state index in [1.807, 2.05) is 6.07 Å². The fourth-order valence-corrected chi connectivity index (χ4v) is 4.02. The van der Waals surface area contributed by atoms with Crippen LogP contribution < -0.4 is 21.7 Å². The number of carbonyl (C=O) groups excluding carboxylic acids is 3. The zero-order valence-corrected chi connectivity index (χ0v) is 22.4. The number of nitrogens with zero attached hydrogens (tertiary/aromatic N) is 1. The molecule has 0 saturated carbocycles. The highest BCUT2D eigenvalue weighted by Gasteiger charge is 2.31. The predicted molar refractivity (Wildman–Crippen MR) is 150 cm³/mol. The minimum Gasteiger partial charge on any atom is -0.508 e. The average Bonchev–Trinajstić information content (AvgIpc) is 3.46. The fourth-order valence-electron chi connectivity index (χ4n) is 3.86. The Hall–Kier alpha value is -4.36. The Labute approximate surface area is 236 Å². The van der Waals surface area contributed by atoms with Gasteiger partial charge in [0.1, 0.15) is 23.9 Å². The third-order valence-electron chi connectivity index (χ3n) is 6.05. The summed E-state index contributed by atoms with van der Waals surface area (Å²) in [6, 6.07) is 10.4. The summed E-state index contributed by atoms with van der Waals surface area (Å²) in [4.78, 5) is 58.1. The molecule has 0 spiro atoms. The van der Waals surface area contributed by atoms with Gasteiger partial charge in [-0.25, -0.2) is 9.78 Å². The number of nitrogens with two attached hydrogens (primary N) is 1. The highest BCUT2D eigenvalue weighted by Crippen LogP contribution is 2.12. The van der Waals surface area contributed by atoms with E-state index in [0.717, 1.165) is 5.56 Å². The number of carboxylic acid groups (broad SMARTS) is 1. The number of hydrogen-bond donors (Lipinski definition) is 8. The number of imidazole rings is 1. The molecule has 3 rings (SSSR count). The summed E-state index contributed by atoms with van der Waals surface area (Å²) in [5.74, 6) is -3.17. The first-order valence-corrected chi connectivity index (χ1v) is 13.1. The van der Waals surface area contributed by atoms with Crippen LogP contribution in [0.15, 0.2) is 67.1 Å². The van der Waals surface area contributed by atoms with Crippen molar-refractivity contribution in [2.24, 2.45) is 5.73 Å². The number of thiol groups is 1. The van der Waals surface area contributed by atoms with E-state index in [9.17, 15) is 29.4 Å². The van der Waals surface area contributed by atoms with Crippen molar-refractivity contribution >= 4 is 36.3 Å². The van der Waals surface area contributed by atoms with E-state index in [2.05, 4.69) is 38.5 Å². The number of aromatic amines is 1. The van der Waals surface area contributed by atoms with E-state index in [-0.39, 0.29) is 30.8 Å². The topological polar surface area (TPSA) is 200 Å². The lowest BCUT2D eigenvalue weighted by Gasteiger charge is -2.25. The van der Waals surface area contributed by atoms with E-state index in [4.69, 9.17) is 5.73 Å². The number of amides is 3. The number of nitrogens with one attached hydrogen (secondary N) is 4. The lowest BCUT2D eigenvalue weighted by atomic mass is 10.0. The van der Waals surface area contributed by atoms with Crippen LogP contribution in [-0.2, 0) is 38.4 Å². The maximum atomic E-state index is 13.4. The monoisotopic (exact) mass is 568 g/mol. The third-order valence-corrected chi connectivity index (χ3v) is 6.45. The van der Waals surface area contributed by atoms with Gasteiger partial charge in [0.05, 0.1) is 12.4 Å². The van der Waals surface area contributed by atoms with Crippen LogP contribution in [0.1, 0.15) is 16.8 Å². The molecular weight excluding hydrogens is 536 g/mol. The predicted octanol–water partition coefficient (Wildman–Crippen LogP) is -0.0607. The molecule has 1 heterocycles. The number of benzene rings is 2. The van der Waals surface area contributed by atoms with Gasteiger partial charge in [-0.2, -0.15) is 12.6 Å². The van der Waals surface area contributed by atoms with Crippen LogP contribution in [0.3, 0.4) is 0 Å². The first-order chi connectivity index (χ1) is 19.2. The zero-order chi connectivity index (χ0) is 29.1. The van der Waals surface area contributed by atoms with E-state index in [1.165, 1.54) is 24.7 Å². The van der Waals surface area contributed by atoms with Crippen molar-refractivity contribution in [2.45, 2.75) is 43.4 Å². The van der Waals surface area contributed by atoms with Gasteiger partial charge >= 0.3 is 5.97 Å². The normalized spacial score (nSPS) is 13.8. The van der Waals surface area contributed by atoms with Crippen LogP contribution >= 0.6 is 12.6 Å². The Kier molecular flexibility index (Phi) is 11.1. The second kappa shape index (κ2) is 14.7. The van der Waals surface area contributed by atoms with Gasteiger partial charge < -0.3 is 36.9 Å². The Bertz CT molecular complexity index is 1270. The zero-order valence-electron chi connectivity index (χ0n) is 21.5. The molecule has 8 N–H and O–H groups in total. The third kappa shape index (κ3) is 9.13. The highest BCUT2D eigenvalue weighted by molar-refractivity contribution is 7.80. The number of aliphatic carboxylic acids is 1. The maximum absolute atomic E-state index is 13.4. The molecule has 1 aromatic heterocycles. The number of carboxylic acids is 1. The summed E-state index contributed by atoms with van der Waals surface area (Å²) in [5.41, 5.74) is 7.64. The van der Waals surface area contributed by atoms with Gasteiger partial charge in [0.25, 0.3) is 0 Å². The van der Waals surface area contributed by atoms with Crippen molar-refractivity contribution < 1.29 is 29.4 Å². The number of H-pyrrole nitrogens is 1. The summed E-state index contributed by atoms with van der Waals surface area (Å²) < 4.78 is 0. The summed E-state index contributed by atoms with van der Waals surface area (Å²) in [6.07, 6.45) is 2.93. The number of aromatic hydroxyl groups is 1. The van der Waals surface area contributed by atoms with Crippen LogP contribution in [0.4, 0.5) is 0 Å². The molecule has 0 aliphatic rings. The Morgan fingerprint density at radius 3 is 1.95 bits per heavy atom. The Morgan fingerprint density at radius 2 is 1.38 bits per heavy atom. The highest BCUT2D eigenvalue weighted by atomic mass is 32.1. The molecule has 3 amide bonds. The van der Waals surface area contributed by atoms with Crippen molar-refractivity contribution in [3.8, 4) is 5.75 Å². The van der Waals surface area contributed by atoms with Crippen molar-refractivity contribution in [2.75, 3.05) is 5.75 Å². The van der Waals surface area contributed by atoms with Gasteiger partial charge in [-0.05, 0) is 23.3 Å². The molecular formula is C27H32N6O6S. The van der Waals surface area contributed by atoms with Crippen LogP contribution in [-0.4, -0.2) is 73.8 Å². The van der Waals surface area contributed by atoms with Crippen LogP contribution in [0, 0.1) is 0 Å². The second-order valence-corrected chi connectivity index (χ2v) is 9.52. The Morgan fingerprint density at radius 1 is 0.825 bits per heavy atom. The van der Waals surface area contributed by atoms with Gasteiger partial charge in [0, 0.05) is 36.9 Å². The SMILES string of the molecule is NC(CS)C(=O)NC(Cc1ccccc1)C(=O)NC(Cc1cnc[nH]1)C(=O)NC(Cc1ccc(O)cc1)C(=O)O. The molecule has 0 radical (unpaired) electrons. The number of phenols is 1. The molecule has 0 saturated heterocycles. The van der Waals surface area contributed by atoms with Gasteiger partial charge in [-0.3, -0.25) is 14.4 Å². The van der Waals surface area contributed by atoms with Gasteiger partial charge in [0.2, 0.25) is 17.7 Å². The standard InChI is InChI=1S/C27H32N6O6S/c28-20(14-40)24(35)31-21(10-16-4-2-1-3-5-16)25(36)32-22(12-18-13-29-15-30-18)26(37)33-23(27(38)39)11-17-6-8-19(34)9-7-17/h1-9,13,15,20-23,34,40H,10-12,14,28H2,(H,29,30)(H,31,35)(H,32,36)(H,33,37)(H,38,39). The van der Waals surface area contributed by atoms with E-state index in [1.54, 1.807) is 36.4 Å². The number of rotatable bonds is 14. The lowest BCUT2D eigenvalue weighted by Crippen LogP contribution is -2.58.